The number of hydrogen-bond acceptors (Lipinski definition) is 2. The van der Waals surface area contributed by atoms with Gasteiger partial charge in [0.1, 0.15) is 17.7 Å². The molecule has 1 N–H and O–H groups in total. The van der Waals surface area contributed by atoms with Gasteiger partial charge in [0, 0.05) is 0 Å². The van der Waals surface area contributed by atoms with E-state index in [0.717, 1.165) is 0 Å². The topological polar surface area (TPSA) is 29.5 Å². The molecular weight excluding hydrogens is 255 g/mol. The number of aliphatic hydroxyl groups excluding tert-OH is 1. The molecule has 2 aromatic carbocycles. The van der Waals surface area contributed by atoms with Gasteiger partial charge >= 0.3 is 0 Å². The summed E-state index contributed by atoms with van der Waals surface area (Å²) >= 11 is 5.60. The molecule has 2 aromatic rings. The van der Waals surface area contributed by atoms with Crippen LogP contribution in [0.4, 0.5) is 4.39 Å². The molecule has 0 aromatic heterocycles. The van der Waals surface area contributed by atoms with Gasteiger partial charge in [-0.2, -0.15) is 0 Å². The fourth-order valence-electron chi connectivity index (χ4n) is 1.66. The normalized spacial score (nSPS) is 12.2. The third-order valence-electron chi connectivity index (χ3n) is 2.69. The Hall–Kier alpha value is -1.58. The molecule has 0 aliphatic heterocycles. The molecule has 1 unspecified atom stereocenters. The average molecular weight is 267 g/mol. The van der Waals surface area contributed by atoms with E-state index >= 15 is 0 Å². The first-order chi connectivity index (χ1) is 8.61. The molecule has 0 fully saturated rings. The van der Waals surface area contributed by atoms with Crippen molar-refractivity contribution in [3.05, 3.63) is 64.4 Å². The number of aliphatic hydroxyl groups is 1. The molecule has 1 atom stereocenters. The van der Waals surface area contributed by atoms with Crippen LogP contribution in [0.3, 0.4) is 0 Å². The summed E-state index contributed by atoms with van der Waals surface area (Å²) in [6.45, 7) is 0. The predicted octanol–water partition coefficient (Wildman–Crippen LogP) is 3.57. The van der Waals surface area contributed by atoms with Crippen molar-refractivity contribution in [1.29, 1.82) is 0 Å². The van der Waals surface area contributed by atoms with Gasteiger partial charge in [0.05, 0.1) is 12.1 Å². The maximum atomic E-state index is 13.3. The predicted molar refractivity (Wildman–Crippen MR) is 68.5 cm³/mol. The Balaban J connectivity index is 2.28. The Kier molecular flexibility index (Phi) is 3.84. The van der Waals surface area contributed by atoms with Gasteiger partial charge in [-0.1, -0.05) is 29.8 Å². The van der Waals surface area contributed by atoms with Crippen molar-refractivity contribution < 1.29 is 14.2 Å². The largest absolute Gasteiger partial charge is 0.497 e. The highest BCUT2D eigenvalue weighted by atomic mass is 35.5. The van der Waals surface area contributed by atoms with Crippen LogP contribution in [-0.4, -0.2) is 12.2 Å². The third kappa shape index (κ3) is 2.63. The summed E-state index contributed by atoms with van der Waals surface area (Å²) in [5.41, 5.74) is 1.12. The Morgan fingerprint density at radius 2 is 1.72 bits per heavy atom. The first-order valence-electron chi connectivity index (χ1n) is 5.39. The van der Waals surface area contributed by atoms with Crippen molar-refractivity contribution in [3.8, 4) is 5.75 Å². The van der Waals surface area contributed by atoms with E-state index in [4.69, 9.17) is 16.3 Å². The Labute approximate surface area is 110 Å². The summed E-state index contributed by atoms with van der Waals surface area (Å²) < 4.78 is 18.3. The van der Waals surface area contributed by atoms with Crippen molar-refractivity contribution in [2.24, 2.45) is 0 Å². The van der Waals surface area contributed by atoms with Gasteiger partial charge in [-0.25, -0.2) is 4.39 Å². The highest BCUT2D eigenvalue weighted by Gasteiger charge is 2.12. The molecule has 94 valence electrons. The van der Waals surface area contributed by atoms with E-state index in [2.05, 4.69) is 0 Å². The second-order valence-electron chi connectivity index (χ2n) is 3.85. The first kappa shape index (κ1) is 12.9. The van der Waals surface area contributed by atoms with E-state index in [9.17, 15) is 9.50 Å². The Morgan fingerprint density at radius 3 is 2.28 bits per heavy atom. The molecule has 2 rings (SSSR count). The lowest BCUT2D eigenvalue weighted by Crippen LogP contribution is -2.00. The maximum absolute atomic E-state index is 13.3. The minimum absolute atomic E-state index is 0.0423. The minimum Gasteiger partial charge on any atom is -0.497 e. The van der Waals surface area contributed by atoms with Crippen molar-refractivity contribution in [2.75, 3.05) is 7.11 Å². The Bertz CT molecular complexity index is 540. The van der Waals surface area contributed by atoms with E-state index in [-0.39, 0.29) is 5.02 Å². The molecule has 0 bridgehead atoms. The average Bonchev–Trinajstić information content (AvgIpc) is 2.41. The molecule has 0 aliphatic rings. The van der Waals surface area contributed by atoms with Crippen LogP contribution < -0.4 is 4.74 Å². The lowest BCUT2D eigenvalue weighted by atomic mass is 10.0. The van der Waals surface area contributed by atoms with Crippen LogP contribution in [0, 0.1) is 5.82 Å². The number of rotatable bonds is 3. The minimum atomic E-state index is -0.886. The quantitative estimate of drug-likeness (QED) is 0.920. The van der Waals surface area contributed by atoms with Crippen LogP contribution in [0.1, 0.15) is 17.2 Å². The zero-order valence-electron chi connectivity index (χ0n) is 9.73. The SMILES string of the molecule is COc1ccc(C(O)c2ccc(Cl)c(F)c2)cc1. The van der Waals surface area contributed by atoms with Gasteiger partial charge in [0.25, 0.3) is 0 Å². The van der Waals surface area contributed by atoms with E-state index < -0.39 is 11.9 Å². The van der Waals surface area contributed by atoms with E-state index in [1.807, 2.05) is 0 Å². The molecule has 0 saturated heterocycles. The molecule has 0 saturated carbocycles. The molecule has 0 aliphatic carbocycles. The maximum Gasteiger partial charge on any atom is 0.142 e. The smallest absolute Gasteiger partial charge is 0.142 e. The molecule has 18 heavy (non-hydrogen) atoms. The summed E-state index contributed by atoms with van der Waals surface area (Å²) in [7, 11) is 1.57. The molecule has 0 radical (unpaired) electrons. The van der Waals surface area contributed by atoms with Crippen LogP contribution in [-0.2, 0) is 0 Å². The van der Waals surface area contributed by atoms with Crippen LogP contribution in [0.25, 0.3) is 0 Å². The van der Waals surface area contributed by atoms with E-state index in [0.29, 0.717) is 16.9 Å². The highest BCUT2D eigenvalue weighted by molar-refractivity contribution is 6.30. The second-order valence-corrected chi connectivity index (χ2v) is 4.26. The van der Waals surface area contributed by atoms with Crippen molar-refractivity contribution in [3.63, 3.8) is 0 Å². The zero-order valence-corrected chi connectivity index (χ0v) is 10.5. The number of halogens is 2. The van der Waals surface area contributed by atoms with Gasteiger partial charge in [-0.3, -0.25) is 0 Å². The van der Waals surface area contributed by atoms with E-state index in [1.54, 1.807) is 37.4 Å². The molecule has 0 spiro atoms. The molecule has 4 heteroatoms. The molecular formula is C14H12ClFO2. The summed E-state index contributed by atoms with van der Waals surface area (Å²) in [6, 6.07) is 11.2. The summed E-state index contributed by atoms with van der Waals surface area (Å²) in [5, 5.41) is 10.2. The Morgan fingerprint density at radius 1 is 1.11 bits per heavy atom. The van der Waals surface area contributed by atoms with Gasteiger partial charge in [0.15, 0.2) is 0 Å². The van der Waals surface area contributed by atoms with E-state index in [1.165, 1.54) is 12.1 Å². The molecule has 0 heterocycles. The van der Waals surface area contributed by atoms with Crippen LogP contribution in [0.15, 0.2) is 42.5 Å². The van der Waals surface area contributed by atoms with Crippen molar-refractivity contribution in [2.45, 2.75) is 6.10 Å². The van der Waals surface area contributed by atoms with Crippen molar-refractivity contribution in [1.82, 2.24) is 0 Å². The van der Waals surface area contributed by atoms with Crippen molar-refractivity contribution >= 4 is 11.6 Å². The van der Waals surface area contributed by atoms with Gasteiger partial charge in [-0.15, -0.1) is 0 Å². The lowest BCUT2D eigenvalue weighted by Gasteiger charge is -2.12. The molecule has 2 nitrogen and oxygen atoms in total. The second kappa shape index (κ2) is 5.38. The number of ether oxygens (including phenoxy) is 1. The fraction of sp³-hybridized carbons (Fsp3) is 0.143. The zero-order chi connectivity index (χ0) is 13.1. The van der Waals surface area contributed by atoms with Crippen LogP contribution >= 0.6 is 11.6 Å². The molecule has 0 amide bonds. The number of hydrogen-bond donors (Lipinski definition) is 1. The standard InChI is InChI=1S/C14H12ClFO2/c1-18-11-5-2-9(3-6-11)14(17)10-4-7-12(15)13(16)8-10/h2-8,14,17H,1H3. The van der Waals surface area contributed by atoms with Gasteiger partial charge < -0.3 is 9.84 Å². The fourth-order valence-corrected chi connectivity index (χ4v) is 1.78. The first-order valence-corrected chi connectivity index (χ1v) is 5.76. The monoisotopic (exact) mass is 266 g/mol. The number of benzene rings is 2. The summed E-state index contributed by atoms with van der Waals surface area (Å²) in [5.74, 6) is 0.162. The lowest BCUT2D eigenvalue weighted by molar-refractivity contribution is 0.219. The summed E-state index contributed by atoms with van der Waals surface area (Å²) in [4.78, 5) is 0. The van der Waals surface area contributed by atoms with Gasteiger partial charge in [0.2, 0.25) is 0 Å². The highest BCUT2D eigenvalue weighted by Crippen LogP contribution is 2.26. The van der Waals surface area contributed by atoms with Gasteiger partial charge in [-0.05, 0) is 35.4 Å². The van der Waals surface area contributed by atoms with Crippen LogP contribution in [0.5, 0.6) is 5.75 Å². The van der Waals surface area contributed by atoms with Crippen LogP contribution in [0.2, 0.25) is 5.02 Å². The summed E-state index contributed by atoms with van der Waals surface area (Å²) in [6.07, 6.45) is -0.886. The number of methoxy groups -OCH3 is 1. The third-order valence-corrected chi connectivity index (χ3v) is 3.00.